The van der Waals surface area contributed by atoms with Crippen LogP contribution in [0.3, 0.4) is 0 Å². The molecule has 4 rings (SSSR count). The smallest absolute Gasteiger partial charge is 0.409 e. The molecule has 1 fully saturated rings. The van der Waals surface area contributed by atoms with E-state index in [4.69, 9.17) is 4.74 Å². The van der Waals surface area contributed by atoms with Crippen LogP contribution < -0.4 is 10.2 Å². The van der Waals surface area contributed by atoms with Gasteiger partial charge >= 0.3 is 6.09 Å². The molecule has 0 aliphatic carbocycles. The van der Waals surface area contributed by atoms with Gasteiger partial charge in [0.05, 0.1) is 12.5 Å². The summed E-state index contributed by atoms with van der Waals surface area (Å²) in [7, 11) is 4.05. The zero-order valence-corrected chi connectivity index (χ0v) is 20.2. The van der Waals surface area contributed by atoms with E-state index in [-0.39, 0.29) is 23.8 Å². The first-order chi connectivity index (χ1) is 16.5. The topological polar surface area (TPSA) is 77.7 Å². The molecular formula is C27H34N4O3. The second kappa shape index (κ2) is 10.6. The van der Waals surface area contributed by atoms with E-state index in [2.05, 4.69) is 51.6 Å². The number of nitrogens with one attached hydrogen (secondary N) is 2. The van der Waals surface area contributed by atoms with Gasteiger partial charge < -0.3 is 24.8 Å². The van der Waals surface area contributed by atoms with Crippen molar-refractivity contribution in [1.82, 2.24) is 15.2 Å². The molecule has 2 amide bonds. The first-order valence-electron chi connectivity index (χ1n) is 12.0. The minimum Gasteiger partial charge on any atom is -0.450 e. The number of nitrogens with zero attached hydrogens (tertiary/aromatic N) is 2. The van der Waals surface area contributed by atoms with Gasteiger partial charge in [-0.2, -0.15) is 0 Å². The van der Waals surface area contributed by atoms with Gasteiger partial charge in [0, 0.05) is 62.4 Å². The number of aromatic nitrogens is 1. The van der Waals surface area contributed by atoms with Gasteiger partial charge in [-0.1, -0.05) is 30.3 Å². The monoisotopic (exact) mass is 462 g/mol. The van der Waals surface area contributed by atoms with Crippen LogP contribution in [0.15, 0.2) is 54.7 Å². The van der Waals surface area contributed by atoms with E-state index < -0.39 is 0 Å². The van der Waals surface area contributed by atoms with Crippen molar-refractivity contribution >= 4 is 28.6 Å². The molecule has 2 N–H and O–H groups in total. The average Bonchev–Trinajstić information content (AvgIpc) is 3.28. The van der Waals surface area contributed by atoms with Crippen molar-refractivity contribution in [2.45, 2.75) is 25.7 Å². The molecule has 1 aliphatic heterocycles. The highest BCUT2D eigenvalue weighted by Gasteiger charge is 2.30. The van der Waals surface area contributed by atoms with Crippen molar-refractivity contribution < 1.29 is 14.3 Å². The number of benzene rings is 2. The Labute approximate surface area is 201 Å². The molecule has 2 heterocycles. The van der Waals surface area contributed by atoms with Crippen LogP contribution in [0.4, 0.5) is 10.5 Å². The zero-order valence-electron chi connectivity index (χ0n) is 20.2. The van der Waals surface area contributed by atoms with Gasteiger partial charge in [0.25, 0.3) is 0 Å². The summed E-state index contributed by atoms with van der Waals surface area (Å²) in [5, 5.41) is 4.35. The van der Waals surface area contributed by atoms with Crippen LogP contribution >= 0.6 is 0 Å². The summed E-state index contributed by atoms with van der Waals surface area (Å²) in [6.07, 6.45) is 3.29. The lowest BCUT2D eigenvalue weighted by Crippen LogP contribution is -2.46. The number of piperidine rings is 1. The number of para-hydroxylation sites is 1. The second-order valence-corrected chi connectivity index (χ2v) is 9.06. The third-order valence-electron chi connectivity index (χ3n) is 6.61. The molecule has 1 aromatic heterocycles. The van der Waals surface area contributed by atoms with Crippen LogP contribution in [0.25, 0.3) is 10.9 Å². The largest absolute Gasteiger partial charge is 0.450 e. The molecule has 2 unspecified atom stereocenters. The van der Waals surface area contributed by atoms with Gasteiger partial charge in [-0.25, -0.2) is 4.79 Å². The summed E-state index contributed by atoms with van der Waals surface area (Å²) in [6, 6.07) is 16.7. The molecule has 1 saturated heterocycles. The van der Waals surface area contributed by atoms with E-state index in [1.807, 2.05) is 32.4 Å². The second-order valence-electron chi connectivity index (χ2n) is 9.06. The normalized spacial score (nSPS) is 16.8. The van der Waals surface area contributed by atoms with E-state index in [9.17, 15) is 9.59 Å². The van der Waals surface area contributed by atoms with E-state index in [1.54, 1.807) is 11.8 Å². The molecule has 2 aromatic carbocycles. The van der Waals surface area contributed by atoms with Gasteiger partial charge in [-0.05, 0) is 49.1 Å². The standard InChI is InChI=1S/C27H34N4O3/c1-4-34-27(33)31-15-7-8-20(18-31)26(32)29-16-23(19-11-13-21(14-12-19)30(2)3)24-17-28-25-10-6-5-9-22(24)25/h5-6,9-14,17,20,23,28H,4,7-8,15-16,18H2,1-3H3,(H,29,32). The number of likely N-dealkylation sites (tertiary alicyclic amines) is 1. The van der Waals surface area contributed by atoms with Gasteiger partial charge in [0.15, 0.2) is 0 Å². The SMILES string of the molecule is CCOC(=O)N1CCCC(C(=O)NCC(c2ccc(N(C)C)cc2)c2c[nH]c3ccccc23)C1. The first kappa shape index (κ1) is 23.7. The highest BCUT2D eigenvalue weighted by Crippen LogP contribution is 2.31. The fraction of sp³-hybridized carbons (Fsp3) is 0.407. The van der Waals surface area contributed by atoms with Gasteiger partial charge in [0.2, 0.25) is 5.91 Å². The zero-order chi connectivity index (χ0) is 24.1. The summed E-state index contributed by atoms with van der Waals surface area (Å²) in [5.74, 6) is -0.234. The molecule has 0 saturated carbocycles. The maximum absolute atomic E-state index is 13.1. The summed E-state index contributed by atoms with van der Waals surface area (Å²) < 4.78 is 5.13. The quantitative estimate of drug-likeness (QED) is 0.547. The van der Waals surface area contributed by atoms with Crippen molar-refractivity contribution in [2.24, 2.45) is 5.92 Å². The van der Waals surface area contributed by atoms with Crippen LogP contribution in [0.1, 0.15) is 36.8 Å². The maximum atomic E-state index is 13.1. The van der Waals surface area contributed by atoms with Crippen LogP contribution in [0.5, 0.6) is 0 Å². The lowest BCUT2D eigenvalue weighted by atomic mass is 9.90. The number of rotatable bonds is 7. The fourth-order valence-electron chi connectivity index (χ4n) is 4.71. The minimum absolute atomic E-state index is 0.000984. The van der Waals surface area contributed by atoms with Gasteiger partial charge in [-0.3, -0.25) is 4.79 Å². The van der Waals surface area contributed by atoms with Crippen molar-refractivity contribution in [3.8, 4) is 0 Å². The summed E-state index contributed by atoms with van der Waals surface area (Å²) in [6.45, 7) is 3.66. The third kappa shape index (κ3) is 5.19. The minimum atomic E-state index is -0.336. The van der Waals surface area contributed by atoms with E-state index >= 15 is 0 Å². The number of amides is 2. The molecule has 0 bridgehead atoms. The summed E-state index contributed by atoms with van der Waals surface area (Å²) in [5.41, 5.74) is 4.51. The Bertz CT molecular complexity index is 1120. The Morgan fingerprint density at radius 1 is 1.18 bits per heavy atom. The third-order valence-corrected chi connectivity index (χ3v) is 6.61. The summed E-state index contributed by atoms with van der Waals surface area (Å²) in [4.78, 5) is 32.4. The number of hydrogen-bond donors (Lipinski definition) is 2. The predicted octanol–water partition coefficient (Wildman–Crippen LogP) is 4.35. The first-order valence-corrected chi connectivity index (χ1v) is 12.0. The highest BCUT2D eigenvalue weighted by atomic mass is 16.6. The number of ether oxygens (including phenoxy) is 1. The molecule has 1 aliphatic rings. The van der Waals surface area contributed by atoms with Crippen LogP contribution in [-0.2, 0) is 9.53 Å². The molecule has 34 heavy (non-hydrogen) atoms. The van der Waals surface area contributed by atoms with Crippen molar-refractivity contribution in [3.63, 3.8) is 0 Å². The number of aromatic amines is 1. The number of hydrogen-bond acceptors (Lipinski definition) is 4. The Kier molecular flexibility index (Phi) is 7.40. The van der Waals surface area contributed by atoms with Crippen LogP contribution in [0.2, 0.25) is 0 Å². The van der Waals surface area contributed by atoms with Gasteiger partial charge in [-0.15, -0.1) is 0 Å². The Hall–Kier alpha value is -3.48. The molecular weight excluding hydrogens is 428 g/mol. The Morgan fingerprint density at radius 2 is 1.94 bits per heavy atom. The van der Waals surface area contributed by atoms with Crippen molar-refractivity contribution in [1.29, 1.82) is 0 Å². The number of fused-ring (bicyclic) bond motifs is 1. The van der Waals surface area contributed by atoms with E-state index in [0.29, 0.717) is 26.2 Å². The Balaban J connectivity index is 1.53. The molecule has 180 valence electrons. The highest BCUT2D eigenvalue weighted by molar-refractivity contribution is 5.85. The number of carbonyl (C=O) groups is 2. The predicted molar refractivity (Wildman–Crippen MR) is 135 cm³/mol. The number of H-pyrrole nitrogens is 1. The lowest BCUT2D eigenvalue weighted by molar-refractivity contribution is -0.126. The average molecular weight is 463 g/mol. The fourth-order valence-corrected chi connectivity index (χ4v) is 4.71. The lowest BCUT2D eigenvalue weighted by Gasteiger charge is -2.31. The van der Waals surface area contributed by atoms with Crippen LogP contribution in [0, 0.1) is 5.92 Å². The summed E-state index contributed by atoms with van der Waals surface area (Å²) >= 11 is 0. The molecule has 2 atom stereocenters. The molecule has 3 aromatic rings. The van der Waals surface area contributed by atoms with Crippen LogP contribution in [-0.4, -0.2) is 62.2 Å². The molecule has 0 radical (unpaired) electrons. The Morgan fingerprint density at radius 3 is 2.68 bits per heavy atom. The maximum Gasteiger partial charge on any atom is 0.409 e. The molecule has 7 nitrogen and oxygen atoms in total. The molecule has 7 heteroatoms. The van der Waals surface area contributed by atoms with Crippen molar-refractivity contribution in [3.05, 3.63) is 65.9 Å². The van der Waals surface area contributed by atoms with Gasteiger partial charge in [0.1, 0.15) is 0 Å². The number of carbonyl (C=O) groups excluding carboxylic acids is 2. The van der Waals surface area contributed by atoms with E-state index in [1.165, 1.54) is 0 Å². The molecule has 0 spiro atoms. The number of anilines is 1. The van der Waals surface area contributed by atoms with Crippen molar-refractivity contribution in [2.75, 3.05) is 45.2 Å². The van der Waals surface area contributed by atoms with E-state index in [0.717, 1.165) is 40.6 Å².